The number of hydrogen-bond acceptors (Lipinski definition) is 3. The van der Waals surface area contributed by atoms with Crippen LogP contribution in [0.1, 0.15) is 22.3 Å². The van der Waals surface area contributed by atoms with Crippen LogP contribution in [0.4, 0.5) is 0 Å². The number of aryl methyl sites for hydroxylation is 4. The SMILES string of the molecule is [Ir+3].[c-]1ccccc1-c1ccc(CCc2cc(CCc3c[c-]c(-n4cccn4)cc3)cc(-c3ccccc3-c3ccc(-c4[c-]ccc(-c5ccc(-c6ccccc6)cc5)c4)nc3)c2)cn1. The molecule has 0 radical (unpaired) electrons. The largest absolute Gasteiger partial charge is 3.00 e. The summed E-state index contributed by atoms with van der Waals surface area (Å²) in [4.78, 5) is 9.79. The summed E-state index contributed by atoms with van der Waals surface area (Å²) in [5.41, 5.74) is 19.1. The zero-order valence-electron chi connectivity index (χ0n) is 35.2. The molecule has 0 unspecified atom stereocenters. The Labute approximate surface area is 389 Å². The molecule has 0 N–H and O–H groups in total. The Hall–Kier alpha value is -7.30. The molecule has 7 aromatic carbocycles. The van der Waals surface area contributed by atoms with Crippen molar-refractivity contribution in [2.24, 2.45) is 0 Å². The molecule has 0 aliphatic rings. The van der Waals surface area contributed by atoms with Crippen molar-refractivity contribution >= 4 is 0 Å². The van der Waals surface area contributed by atoms with Crippen molar-refractivity contribution in [3.63, 3.8) is 0 Å². The van der Waals surface area contributed by atoms with Gasteiger partial charge < -0.3 is 9.97 Å². The second-order valence-electron chi connectivity index (χ2n) is 15.8. The third-order valence-electron chi connectivity index (χ3n) is 11.6. The summed E-state index contributed by atoms with van der Waals surface area (Å²) in [6, 6.07) is 76.4. The van der Waals surface area contributed by atoms with E-state index in [1.807, 2.05) is 65.7 Å². The molecule has 4 nitrogen and oxygen atoms in total. The van der Waals surface area contributed by atoms with Gasteiger partial charge in [0, 0.05) is 24.8 Å². The molecule has 3 aromatic heterocycles. The zero-order chi connectivity index (χ0) is 42.2. The fourth-order valence-electron chi connectivity index (χ4n) is 8.21. The molecule has 0 aliphatic heterocycles. The smallest absolute Gasteiger partial charge is 0.304 e. The van der Waals surface area contributed by atoms with Crippen molar-refractivity contribution in [1.82, 2.24) is 19.7 Å². The maximum atomic E-state index is 5.01. The summed E-state index contributed by atoms with van der Waals surface area (Å²) in [5.74, 6) is 0. The van der Waals surface area contributed by atoms with E-state index in [0.29, 0.717) is 0 Å². The summed E-state index contributed by atoms with van der Waals surface area (Å²) in [5, 5.41) is 4.36. The van der Waals surface area contributed by atoms with Gasteiger partial charge in [-0.2, -0.15) is 28.9 Å². The number of nitrogens with zero attached hydrogens (tertiary/aromatic N) is 4. The van der Waals surface area contributed by atoms with Crippen LogP contribution in [-0.4, -0.2) is 19.7 Å². The zero-order valence-corrected chi connectivity index (χ0v) is 37.6. The van der Waals surface area contributed by atoms with Crippen molar-refractivity contribution in [3.05, 3.63) is 253 Å². The maximum Gasteiger partial charge on any atom is 3.00 e. The molecule has 308 valence electrons. The Balaban J connectivity index is 0.00000518. The molecule has 5 heteroatoms. The van der Waals surface area contributed by atoms with Crippen LogP contribution < -0.4 is 0 Å². The predicted molar refractivity (Wildman–Crippen MR) is 256 cm³/mol. The first-order chi connectivity index (χ1) is 31.2. The van der Waals surface area contributed by atoms with E-state index in [9.17, 15) is 0 Å². The van der Waals surface area contributed by atoms with E-state index in [1.54, 1.807) is 6.20 Å². The molecular weight excluding hydrogens is 957 g/mol. The first-order valence-corrected chi connectivity index (χ1v) is 21.5. The van der Waals surface area contributed by atoms with Gasteiger partial charge in [-0.3, -0.25) is 4.68 Å². The minimum atomic E-state index is 0. The molecule has 0 aliphatic carbocycles. The third kappa shape index (κ3) is 9.83. The molecule has 64 heavy (non-hydrogen) atoms. The van der Waals surface area contributed by atoms with E-state index in [4.69, 9.17) is 9.97 Å². The molecule has 0 saturated carbocycles. The van der Waals surface area contributed by atoms with Gasteiger partial charge in [-0.05, 0) is 98.0 Å². The molecule has 10 aromatic rings. The molecule has 0 atom stereocenters. The van der Waals surface area contributed by atoms with E-state index in [1.165, 1.54) is 44.5 Å². The minimum absolute atomic E-state index is 0. The van der Waals surface area contributed by atoms with Crippen LogP contribution in [0, 0.1) is 18.2 Å². The van der Waals surface area contributed by atoms with Crippen molar-refractivity contribution < 1.29 is 20.1 Å². The number of rotatable bonds is 13. The standard InChI is InChI=1S/C59H43N4.Ir/c1-3-11-47(12-4-1)48-26-28-49(29-27-48)51-15-9-16-52(40-51)59-34-30-53(42-61-59)56-17-7-8-18-57(56)54-38-45(21-19-43-23-31-55(32-24-43)63-36-10-35-62-63)37-46(39-54)22-20-44-25-33-58(60-41-44)50-13-5-2-6-14-50;/h1-13,15,17-18,23-31,33-42H,19-22H2;/q-3;+3. The fraction of sp³-hybridized carbons (Fsp3) is 0.0678. The topological polar surface area (TPSA) is 43.6 Å². The summed E-state index contributed by atoms with van der Waals surface area (Å²) in [7, 11) is 0. The van der Waals surface area contributed by atoms with Crippen LogP contribution in [0.25, 0.3) is 72.7 Å². The van der Waals surface area contributed by atoms with Crippen LogP contribution in [0.5, 0.6) is 0 Å². The molecular formula is C59H43IrN4. The van der Waals surface area contributed by atoms with E-state index in [2.05, 4.69) is 169 Å². The number of hydrogen-bond donors (Lipinski definition) is 0. The van der Waals surface area contributed by atoms with Crippen LogP contribution in [0.2, 0.25) is 0 Å². The summed E-state index contributed by atoms with van der Waals surface area (Å²) in [6.07, 6.45) is 11.3. The Morgan fingerprint density at radius 3 is 1.70 bits per heavy atom. The number of benzene rings is 7. The van der Waals surface area contributed by atoms with Gasteiger partial charge in [-0.25, -0.2) is 0 Å². The average molecular weight is 1000 g/mol. The Morgan fingerprint density at radius 2 is 1.03 bits per heavy atom. The third-order valence-corrected chi connectivity index (χ3v) is 11.6. The van der Waals surface area contributed by atoms with Gasteiger partial charge in [0.15, 0.2) is 0 Å². The van der Waals surface area contributed by atoms with E-state index < -0.39 is 0 Å². The van der Waals surface area contributed by atoms with Gasteiger partial charge >= 0.3 is 20.1 Å². The molecule has 10 rings (SSSR count). The predicted octanol–water partition coefficient (Wildman–Crippen LogP) is 13.6. The minimum Gasteiger partial charge on any atom is -0.304 e. The molecule has 0 bridgehead atoms. The summed E-state index contributed by atoms with van der Waals surface area (Å²) in [6.45, 7) is 0. The maximum absolute atomic E-state index is 5.01. The monoisotopic (exact) mass is 1000 g/mol. The van der Waals surface area contributed by atoms with Crippen LogP contribution >= 0.6 is 0 Å². The normalized spacial score (nSPS) is 10.9. The van der Waals surface area contributed by atoms with Crippen molar-refractivity contribution in [2.75, 3.05) is 0 Å². The molecule has 0 fully saturated rings. The van der Waals surface area contributed by atoms with Gasteiger partial charge in [-0.1, -0.05) is 128 Å². The van der Waals surface area contributed by atoms with E-state index in [0.717, 1.165) is 76.1 Å². The molecule has 0 spiro atoms. The van der Waals surface area contributed by atoms with Gasteiger partial charge in [0.25, 0.3) is 0 Å². The Kier molecular flexibility index (Phi) is 13.0. The summed E-state index contributed by atoms with van der Waals surface area (Å²) < 4.78 is 1.84. The number of pyridine rings is 2. The van der Waals surface area contributed by atoms with Gasteiger partial charge in [0.1, 0.15) is 0 Å². The average Bonchev–Trinajstić information content (AvgIpc) is 3.92. The van der Waals surface area contributed by atoms with Crippen molar-refractivity contribution in [1.29, 1.82) is 0 Å². The second kappa shape index (κ2) is 19.8. The van der Waals surface area contributed by atoms with Gasteiger partial charge in [-0.15, -0.1) is 77.4 Å². The second-order valence-corrected chi connectivity index (χ2v) is 15.8. The Morgan fingerprint density at radius 1 is 0.406 bits per heavy atom. The first kappa shape index (κ1) is 42.0. The fourth-order valence-corrected chi connectivity index (χ4v) is 8.21. The van der Waals surface area contributed by atoms with Crippen molar-refractivity contribution in [2.45, 2.75) is 25.7 Å². The Bertz CT molecular complexity index is 3060. The van der Waals surface area contributed by atoms with Crippen molar-refractivity contribution in [3.8, 4) is 72.7 Å². The van der Waals surface area contributed by atoms with E-state index >= 15 is 0 Å². The number of aromatic nitrogens is 4. The quantitative estimate of drug-likeness (QED) is 0.108. The molecule has 3 heterocycles. The van der Waals surface area contributed by atoms with Gasteiger partial charge in [0.05, 0.1) is 0 Å². The summed E-state index contributed by atoms with van der Waals surface area (Å²) >= 11 is 0. The van der Waals surface area contributed by atoms with E-state index in [-0.39, 0.29) is 20.1 Å². The van der Waals surface area contributed by atoms with Crippen LogP contribution in [0.3, 0.4) is 0 Å². The van der Waals surface area contributed by atoms with Crippen LogP contribution in [-0.2, 0) is 45.8 Å². The first-order valence-electron chi connectivity index (χ1n) is 21.5. The van der Waals surface area contributed by atoms with Gasteiger partial charge in [0.2, 0.25) is 0 Å². The van der Waals surface area contributed by atoms with Crippen LogP contribution in [0.15, 0.2) is 213 Å². The molecule has 0 saturated heterocycles. The molecule has 0 amide bonds.